The Bertz CT molecular complexity index is 1490. The van der Waals surface area contributed by atoms with E-state index in [2.05, 4.69) is 0 Å². The Hall–Kier alpha value is -3.45. The van der Waals surface area contributed by atoms with E-state index in [-0.39, 0.29) is 28.7 Å². The zero-order chi connectivity index (χ0) is 25.7. The first-order valence-electron chi connectivity index (χ1n) is 11.4. The molecule has 0 aliphatic carbocycles. The fraction of sp³-hybridized carbons (Fsp3) is 0.269. The van der Waals surface area contributed by atoms with Gasteiger partial charge in [0.25, 0.3) is 5.91 Å². The van der Waals surface area contributed by atoms with Crippen molar-refractivity contribution < 1.29 is 22.7 Å². The highest BCUT2D eigenvalue weighted by Gasteiger charge is 2.35. The number of benzene rings is 2. The Labute approximate surface area is 207 Å². The molecule has 3 heterocycles. The number of ether oxygens (including phenoxy) is 1. The Morgan fingerprint density at radius 1 is 1.11 bits per heavy atom. The monoisotopic (exact) mass is 512 g/mol. The number of hydrogen-bond donors (Lipinski definition) is 0. The summed E-state index contributed by atoms with van der Waals surface area (Å²) in [5.41, 5.74) is 2.34. The van der Waals surface area contributed by atoms with E-state index >= 15 is 0 Å². The van der Waals surface area contributed by atoms with E-state index in [9.17, 15) is 18.0 Å². The minimum atomic E-state index is -3.08. The summed E-state index contributed by atoms with van der Waals surface area (Å²) in [4.78, 5) is 24.4. The molecular formula is C26H24F3N4O2P. The topological polar surface area (TPSA) is 60.2 Å². The molecule has 0 spiro atoms. The molecule has 0 saturated carbocycles. The average Bonchev–Trinajstić information content (AvgIpc) is 3.17. The molecule has 4 aromatic rings. The van der Waals surface area contributed by atoms with Gasteiger partial charge in [-0.3, -0.25) is 9.36 Å². The number of para-hydroxylation sites is 1. The maximum atomic E-state index is 14.8. The van der Waals surface area contributed by atoms with Gasteiger partial charge < -0.3 is 9.64 Å². The van der Waals surface area contributed by atoms with Crippen molar-refractivity contribution in [1.82, 2.24) is 19.4 Å². The molecule has 186 valence electrons. The van der Waals surface area contributed by atoms with Crippen LogP contribution in [0.4, 0.5) is 13.2 Å². The van der Waals surface area contributed by atoms with Gasteiger partial charge in [0.2, 0.25) is 0 Å². The maximum Gasteiger partial charge on any atom is 0.387 e. The third-order valence-corrected chi connectivity index (χ3v) is 7.72. The van der Waals surface area contributed by atoms with E-state index in [1.54, 1.807) is 40.8 Å². The van der Waals surface area contributed by atoms with Crippen LogP contribution in [0.1, 0.15) is 35.6 Å². The second kappa shape index (κ2) is 9.21. The van der Waals surface area contributed by atoms with Crippen molar-refractivity contribution in [2.45, 2.75) is 26.0 Å². The summed E-state index contributed by atoms with van der Waals surface area (Å²) in [6.45, 7) is 2.81. The first-order chi connectivity index (χ1) is 17.2. The van der Waals surface area contributed by atoms with Crippen LogP contribution >= 0.6 is 7.92 Å². The second-order valence-electron chi connectivity index (χ2n) is 8.78. The fourth-order valence-corrected chi connectivity index (χ4v) is 5.55. The zero-order valence-electron chi connectivity index (χ0n) is 20.2. The molecule has 1 atom stereocenters. The van der Waals surface area contributed by atoms with E-state index in [4.69, 9.17) is 14.7 Å². The quantitative estimate of drug-likeness (QED) is 0.321. The molecule has 0 saturated heterocycles. The Kier molecular flexibility index (Phi) is 6.20. The molecule has 2 aromatic carbocycles. The number of amides is 1. The first-order valence-corrected chi connectivity index (χ1v) is 13.7. The number of imidazole rings is 1. The molecule has 1 unspecified atom stereocenters. The second-order valence-corrected chi connectivity index (χ2v) is 11.0. The Balaban J connectivity index is 1.80. The summed E-state index contributed by atoms with van der Waals surface area (Å²) in [5, 5.41) is 0.670. The highest BCUT2D eigenvalue weighted by molar-refractivity contribution is 7.64. The van der Waals surface area contributed by atoms with Crippen molar-refractivity contribution in [3.63, 3.8) is 0 Å². The fourth-order valence-electron chi connectivity index (χ4n) is 4.69. The molecule has 0 radical (unpaired) electrons. The number of aromatic nitrogens is 3. The van der Waals surface area contributed by atoms with Crippen molar-refractivity contribution in [3.05, 3.63) is 65.7 Å². The van der Waals surface area contributed by atoms with Crippen molar-refractivity contribution >= 4 is 30.3 Å². The lowest BCUT2D eigenvalue weighted by atomic mass is 10.1. The van der Waals surface area contributed by atoms with Crippen LogP contribution in [0.2, 0.25) is 0 Å². The van der Waals surface area contributed by atoms with E-state index in [1.165, 1.54) is 18.2 Å². The molecule has 36 heavy (non-hydrogen) atoms. The van der Waals surface area contributed by atoms with Gasteiger partial charge in [0.05, 0.1) is 17.3 Å². The van der Waals surface area contributed by atoms with Gasteiger partial charge in [-0.2, -0.15) is 8.78 Å². The third-order valence-electron chi connectivity index (χ3n) is 6.40. The lowest BCUT2D eigenvalue weighted by molar-refractivity contribution is -0.0498. The molecule has 0 fully saturated rings. The van der Waals surface area contributed by atoms with E-state index in [1.807, 2.05) is 26.3 Å². The van der Waals surface area contributed by atoms with Gasteiger partial charge in [-0.15, -0.1) is 0 Å². The maximum absolute atomic E-state index is 14.8. The lowest BCUT2D eigenvalue weighted by Gasteiger charge is -2.24. The molecule has 6 nitrogen and oxygen atoms in total. The van der Waals surface area contributed by atoms with Gasteiger partial charge in [-0.1, -0.05) is 33.0 Å². The van der Waals surface area contributed by atoms with Gasteiger partial charge >= 0.3 is 6.61 Å². The minimum absolute atomic E-state index is 0.150. The van der Waals surface area contributed by atoms with Crippen molar-refractivity contribution in [1.29, 1.82) is 0 Å². The van der Waals surface area contributed by atoms with Crippen LogP contribution in [0, 0.1) is 5.82 Å². The number of hydrogen-bond acceptors (Lipinski definition) is 4. The molecule has 0 bridgehead atoms. The van der Waals surface area contributed by atoms with Gasteiger partial charge in [0.1, 0.15) is 22.8 Å². The number of halogens is 3. The van der Waals surface area contributed by atoms with Crippen LogP contribution in [0.15, 0.2) is 48.5 Å². The number of nitrogens with zero attached hydrogens (tertiary/aromatic N) is 4. The predicted octanol–water partition coefficient (Wildman–Crippen LogP) is 5.73. The highest BCUT2D eigenvalue weighted by atomic mass is 31.1. The number of rotatable bonds is 5. The molecule has 10 heteroatoms. The summed E-state index contributed by atoms with van der Waals surface area (Å²) in [5.74, 6) is -0.293. The third kappa shape index (κ3) is 3.91. The average molecular weight is 512 g/mol. The van der Waals surface area contributed by atoms with E-state index in [0.717, 1.165) is 0 Å². The van der Waals surface area contributed by atoms with E-state index in [0.29, 0.717) is 40.0 Å². The molecule has 2 aromatic heterocycles. The zero-order valence-corrected chi connectivity index (χ0v) is 21.1. The molecule has 5 rings (SSSR count). The van der Waals surface area contributed by atoms with Crippen molar-refractivity contribution in [3.8, 4) is 22.7 Å². The number of alkyl halides is 2. The molecule has 1 aliphatic rings. The summed E-state index contributed by atoms with van der Waals surface area (Å²) in [6, 6.07) is 12.6. The van der Waals surface area contributed by atoms with Crippen LogP contribution in [-0.4, -0.2) is 52.3 Å². The Morgan fingerprint density at radius 2 is 1.89 bits per heavy atom. The van der Waals surface area contributed by atoms with E-state index < -0.39 is 20.6 Å². The summed E-state index contributed by atoms with van der Waals surface area (Å²) in [7, 11) is 1.06. The van der Waals surface area contributed by atoms with Gasteiger partial charge in [0.15, 0.2) is 11.4 Å². The number of carbonyl (C=O) groups excluding carboxylic acids is 1. The summed E-state index contributed by atoms with van der Waals surface area (Å²) >= 11 is 0. The van der Waals surface area contributed by atoms with Gasteiger partial charge in [-0.25, -0.2) is 14.4 Å². The number of fused-ring (bicyclic) bond motifs is 5. The van der Waals surface area contributed by atoms with Crippen molar-refractivity contribution in [2.75, 3.05) is 20.4 Å². The largest absolute Gasteiger partial charge is 0.433 e. The minimum Gasteiger partial charge on any atom is -0.433 e. The molecular weight excluding hydrogens is 488 g/mol. The molecule has 1 aliphatic heterocycles. The highest BCUT2D eigenvalue weighted by Crippen LogP contribution is 2.40. The molecule has 0 N–H and O–H groups in total. The van der Waals surface area contributed by atoms with Crippen LogP contribution in [0.25, 0.3) is 28.1 Å². The lowest BCUT2D eigenvalue weighted by Crippen LogP contribution is -2.30. The SMILES string of the molecule is CCC1c2nc3ccc(-c4ccc(P(C)C)c(F)c4)nc3n2-c2c(OC(F)F)cccc2C(=O)N1C. The van der Waals surface area contributed by atoms with Crippen molar-refractivity contribution in [2.24, 2.45) is 0 Å². The predicted molar refractivity (Wildman–Crippen MR) is 134 cm³/mol. The van der Waals surface area contributed by atoms with Gasteiger partial charge in [-0.05, 0) is 50.1 Å². The number of carbonyl (C=O) groups is 1. The van der Waals surface area contributed by atoms with Gasteiger partial charge in [0, 0.05) is 17.9 Å². The molecule has 1 amide bonds. The smallest absolute Gasteiger partial charge is 0.387 e. The van der Waals surface area contributed by atoms with Crippen LogP contribution in [0.5, 0.6) is 5.75 Å². The normalized spacial score (nSPS) is 15.4. The Morgan fingerprint density at radius 3 is 2.56 bits per heavy atom. The number of pyridine rings is 1. The first kappa shape index (κ1) is 24.3. The van der Waals surface area contributed by atoms with Crippen LogP contribution in [-0.2, 0) is 0 Å². The van der Waals surface area contributed by atoms with Crippen LogP contribution < -0.4 is 10.0 Å². The summed E-state index contributed by atoms with van der Waals surface area (Å²) in [6.07, 6.45) is 0.543. The summed E-state index contributed by atoms with van der Waals surface area (Å²) < 4.78 is 47.9. The standard InChI is InChI=1S/C26H24F3N4O2P/c1-5-19-24-31-18-11-10-17(14-9-12-21(36(3)4)16(27)13-14)30-23(18)33(24)22-15(25(34)32(19)2)7-6-8-20(22)35-26(28)29/h6-13,19,26H,5H2,1-4H3. The van der Waals surface area contributed by atoms with Crippen LogP contribution in [0.3, 0.4) is 0 Å².